The van der Waals surface area contributed by atoms with Crippen LogP contribution in [0.3, 0.4) is 0 Å². The van der Waals surface area contributed by atoms with E-state index in [0.29, 0.717) is 16.5 Å². The highest BCUT2D eigenvalue weighted by Crippen LogP contribution is 2.27. The Hall–Kier alpha value is -1.84. The second kappa shape index (κ2) is 7.82. The predicted octanol–water partition coefficient (Wildman–Crippen LogP) is 4.08. The molecule has 0 radical (unpaired) electrons. The van der Waals surface area contributed by atoms with Gasteiger partial charge in [-0.1, -0.05) is 48.0 Å². The van der Waals surface area contributed by atoms with Crippen molar-refractivity contribution in [3.8, 4) is 11.1 Å². The van der Waals surface area contributed by atoms with Gasteiger partial charge in [0.05, 0.1) is 10.6 Å². The van der Waals surface area contributed by atoms with E-state index in [0.717, 1.165) is 37.2 Å². The van der Waals surface area contributed by atoms with Gasteiger partial charge in [0.15, 0.2) is 0 Å². The average Bonchev–Trinajstić information content (AvgIpc) is 2.63. The van der Waals surface area contributed by atoms with Crippen molar-refractivity contribution in [1.82, 2.24) is 10.2 Å². The lowest BCUT2D eigenvalue weighted by atomic mass is 9.96. The van der Waals surface area contributed by atoms with Crippen LogP contribution in [0, 0.1) is 5.92 Å². The second-order valence-corrected chi connectivity index (χ2v) is 6.78. The molecule has 2 aromatic rings. The summed E-state index contributed by atoms with van der Waals surface area (Å²) in [4.78, 5) is 14.9. The van der Waals surface area contributed by atoms with Crippen molar-refractivity contribution in [3.05, 3.63) is 59.1 Å². The Morgan fingerprint density at radius 2 is 2.00 bits per heavy atom. The first-order valence-corrected chi connectivity index (χ1v) is 8.85. The van der Waals surface area contributed by atoms with Gasteiger partial charge in [-0.3, -0.25) is 4.79 Å². The lowest BCUT2D eigenvalue weighted by Gasteiger charge is -2.33. The summed E-state index contributed by atoms with van der Waals surface area (Å²) in [6.45, 7) is 2.55. The zero-order valence-electron chi connectivity index (χ0n) is 14.0. The zero-order chi connectivity index (χ0) is 16.9. The molecule has 1 aliphatic heterocycles. The number of rotatable bonds is 4. The second-order valence-electron chi connectivity index (χ2n) is 6.38. The Labute approximate surface area is 148 Å². The number of hydrogen-bond acceptors (Lipinski definition) is 2. The third kappa shape index (κ3) is 3.80. The summed E-state index contributed by atoms with van der Waals surface area (Å²) in [5.41, 5.74) is 2.71. The largest absolute Gasteiger partial charge is 0.338 e. The first-order chi connectivity index (χ1) is 11.7. The van der Waals surface area contributed by atoms with E-state index >= 15 is 0 Å². The SMILES string of the molecule is CNCC1CCCN(C(=O)c2cc(-c3ccccc3)ccc2Cl)C1. The van der Waals surface area contributed by atoms with Crippen molar-refractivity contribution in [1.29, 1.82) is 0 Å². The number of halogens is 1. The predicted molar refractivity (Wildman–Crippen MR) is 99.4 cm³/mol. The van der Waals surface area contributed by atoms with E-state index in [1.807, 2.05) is 60.5 Å². The first-order valence-electron chi connectivity index (χ1n) is 8.48. The normalized spacial score (nSPS) is 17.8. The van der Waals surface area contributed by atoms with E-state index in [1.165, 1.54) is 6.42 Å². The third-order valence-corrected chi connectivity index (χ3v) is 4.93. The van der Waals surface area contributed by atoms with Crippen molar-refractivity contribution < 1.29 is 4.79 Å². The molecule has 0 bridgehead atoms. The molecule has 2 aromatic carbocycles. The minimum absolute atomic E-state index is 0.0404. The number of likely N-dealkylation sites (tertiary alicyclic amines) is 1. The number of hydrogen-bond donors (Lipinski definition) is 1. The summed E-state index contributed by atoms with van der Waals surface area (Å²) < 4.78 is 0. The van der Waals surface area contributed by atoms with Crippen LogP contribution < -0.4 is 5.32 Å². The molecule has 1 amide bonds. The fourth-order valence-electron chi connectivity index (χ4n) is 3.37. The van der Waals surface area contributed by atoms with Gasteiger partial charge in [0, 0.05) is 13.1 Å². The summed E-state index contributed by atoms with van der Waals surface area (Å²) in [6, 6.07) is 15.8. The van der Waals surface area contributed by atoms with Gasteiger partial charge >= 0.3 is 0 Å². The van der Waals surface area contributed by atoms with Crippen molar-refractivity contribution in [2.75, 3.05) is 26.7 Å². The lowest BCUT2D eigenvalue weighted by Crippen LogP contribution is -2.42. The minimum Gasteiger partial charge on any atom is -0.338 e. The molecule has 1 fully saturated rings. The fourth-order valence-corrected chi connectivity index (χ4v) is 3.57. The van der Waals surface area contributed by atoms with Crippen LogP contribution in [-0.4, -0.2) is 37.5 Å². The highest BCUT2D eigenvalue weighted by Gasteiger charge is 2.25. The number of piperidine rings is 1. The molecule has 3 rings (SSSR count). The smallest absolute Gasteiger partial charge is 0.255 e. The molecule has 3 nitrogen and oxygen atoms in total. The molecule has 1 heterocycles. The minimum atomic E-state index is 0.0404. The summed E-state index contributed by atoms with van der Waals surface area (Å²) in [5, 5.41) is 3.74. The maximum absolute atomic E-state index is 13.0. The standard InChI is InChI=1S/C20H23ClN2O/c1-22-13-15-6-5-11-23(14-15)20(24)18-12-17(9-10-19(18)21)16-7-3-2-4-8-16/h2-4,7-10,12,15,22H,5-6,11,13-14H2,1H3. The molecule has 0 aliphatic carbocycles. The zero-order valence-corrected chi connectivity index (χ0v) is 14.7. The van der Waals surface area contributed by atoms with Crippen LogP contribution in [0.4, 0.5) is 0 Å². The van der Waals surface area contributed by atoms with Gasteiger partial charge in [-0.05, 0) is 55.6 Å². The highest BCUT2D eigenvalue weighted by atomic mass is 35.5. The number of nitrogens with zero attached hydrogens (tertiary/aromatic N) is 1. The average molecular weight is 343 g/mol. The molecular weight excluding hydrogens is 320 g/mol. The molecule has 1 aliphatic rings. The molecule has 4 heteroatoms. The summed E-state index contributed by atoms with van der Waals surface area (Å²) >= 11 is 6.34. The van der Waals surface area contributed by atoms with Crippen LogP contribution in [0.25, 0.3) is 11.1 Å². The van der Waals surface area contributed by atoms with Gasteiger partial charge in [-0.2, -0.15) is 0 Å². The first kappa shape index (κ1) is 17.0. The van der Waals surface area contributed by atoms with Gasteiger partial charge in [0.1, 0.15) is 0 Å². The maximum atomic E-state index is 13.0. The van der Waals surface area contributed by atoms with Gasteiger partial charge in [0.25, 0.3) is 5.91 Å². The summed E-state index contributed by atoms with van der Waals surface area (Å²) in [6.07, 6.45) is 2.22. The molecule has 0 aromatic heterocycles. The molecule has 1 unspecified atom stereocenters. The molecule has 1 saturated heterocycles. The number of carbonyl (C=O) groups excluding carboxylic acids is 1. The topological polar surface area (TPSA) is 32.3 Å². The summed E-state index contributed by atoms with van der Waals surface area (Å²) in [7, 11) is 1.96. The van der Waals surface area contributed by atoms with E-state index in [2.05, 4.69) is 5.32 Å². The molecule has 24 heavy (non-hydrogen) atoms. The van der Waals surface area contributed by atoms with Gasteiger partial charge in [-0.25, -0.2) is 0 Å². The Morgan fingerprint density at radius 3 is 2.75 bits per heavy atom. The van der Waals surface area contributed by atoms with Crippen molar-refractivity contribution in [2.45, 2.75) is 12.8 Å². The Kier molecular flexibility index (Phi) is 5.54. The van der Waals surface area contributed by atoms with Gasteiger partial charge in [0.2, 0.25) is 0 Å². The number of benzene rings is 2. The fraction of sp³-hybridized carbons (Fsp3) is 0.350. The van der Waals surface area contributed by atoms with Crippen molar-refractivity contribution >= 4 is 17.5 Å². The van der Waals surface area contributed by atoms with E-state index in [1.54, 1.807) is 0 Å². The molecule has 0 saturated carbocycles. The monoisotopic (exact) mass is 342 g/mol. The van der Waals surface area contributed by atoms with Crippen molar-refractivity contribution in [3.63, 3.8) is 0 Å². The number of amides is 1. The Morgan fingerprint density at radius 1 is 1.21 bits per heavy atom. The van der Waals surface area contributed by atoms with Crippen LogP contribution >= 0.6 is 11.6 Å². The number of carbonyl (C=O) groups is 1. The molecule has 1 atom stereocenters. The van der Waals surface area contributed by atoms with Gasteiger partial charge in [-0.15, -0.1) is 0 Å². The van der Waals surface area contributed by atoms with Crippen molar-refractivity contribution in [2.24, 2.45) is 5.92 Å². The van der Waals surface area contributed by atoms with Crippen LogP contribution in [0.5, 0.6) is 0 Å². The van der Waals surface area contributed by atoms with Crippen LogP contribution in [-0.2, 0) is 0 Å². The maximum Gasteiger partial charge on any atom is 0.255 e. The van der Waals surface area contributed by atoms with E-state index in [9.17, 15) is 4.79 Å². The lowest BCUT2D eigenvalue weighted by molar-refractivity contribution is 0.0674. The highest BCUT2D eigenvalue weighted by molar-refractivity contribution is 6.34. The Bertz CT molecular complexity index is 700. The summed E-state index contributed by atoms with van der Waals surface area (Å²) in [5.74, 6) is 0.558. The van der Waals surface area contributed by atoms with Crippen LogP contribution in [0.1, 0.15) is 23.2 Å². The van der Waals surface area contributed by atoms with E-state index < -0.39 is 0 Å². The van der Waals surface area contributed by atoms with Crippen LogP contribution in [0.15, 0.2) is 48.5 Å². The third-order valence-electron chi connectivity index (χ3n) is 4.60. The quantitative estimate of drug-likeness (QED) is 0.908. The van der Waals surface area contributed by atoms with Gasteiger partial charge < -0.3 is 10.2 Å². The van der Waals surface area contributed by atoms with Crippen LogP contribution in [0.2, 0.25) is 5.02 Å². The Balaban J connectivity index is 1.84. The van der Waals surface area contributed by atoms with E-state index in [-0.39, 0.29) is 5.91 Å². The molecular formula is C20H23ClN2O. The molecule has 1 N–H and O–H groups in total. The molecule has 0 spiro atoms. The van der Waals surface area contributed by atoms with E-state index in [4.69, 9.17) is 11.6 Å². The number of nitrogens with one attached hydrogen (secondary N) is 1. The molecule has 126 valence electrons.